The summed E-state index contributed by atoms with van der Waals surface area (Å²) in [5.41, 5.74) is 4.90. The van der Waals surface area contributed by atoms with Crippen LogP contribution in [0.3, 0.4) is 0 Å². The molecule has 0 radical (unpaired) electrons. The van der Waals surface area contributed by atoms with Gasteiger partial charge >= 0.3 is 0 Å². The van der Waals surface area contributed by atoms with Crippen molar-refractivity contribution in [3.05, 3.63) is 51.3 Å². The highest BCUT2D eigenvalue weighted by Crippen LogP contribution is 2.23. The van der Waals surface area contributed by atoms with Crippen LogP contribution in [0, 0.1) is 20.8 Å². The van der Waals surface area contributed by atoms with Crippen LogP contribution in [0.25, 0.3) is 0 Å². The Kier molecular flexibility index (Phi) is 3.80. The highest BCUT2D eigenvalue weighted by molar-refractivity contribution is 9.10. The Labute approximate surface area is 121 Å². The number of aromatic nitrogens is 1. The maximum Gasteiger partial charge on any atom is 0.272 e. The van der Waals surface area contributed by atoms with Gasteiger partial charge in [0.25, 0.3) is 5.91 Å². The topological polar surface area (TPSA) is 34.0 Å². The number of carbonyl (C=O) groups is 1. The molecule has 2 aromatic rings. The molecule has 0 aliphatic carbocycles. The van der Waals surface area contributed by atoms with E-state index in [9.17, 15) is 4.79 Å². The van der Waals surface area contributed by atoms with Crippen molar-refractivity contribution in [2.45, 2.75) is 20.8 Å². The number of halogens is 1. The van der Waals surface area contributed by atoms with Crippen molar-refractivity contribution in [2.75, 3.05) is 5.32 Å². The molecule has 0 unspecified atom stereocenters. The number of amides is 1. The minimum atomic E-state index is -0.0942. The first-order valence-corrected chi connectivity index (χ1v) is 6.89. The second-order valence-corrected chi connectivity index (χ2v) is 5.80. The summed E-state index contributed by atoms with van der Waals surface area (Å²) in [4.78, 5) is 12.3. The minimum absolute atomic E-state index is 0.0942. The summed E-state index contributed by atoms with van der Waals surface area (Å²) in [5, 5.41) is 3.00. The lowest BCUT2D eigenvalue weighted by Gasteiger charge is -2.13. The van der Waals surface area contributed by atoms with E-state index in [0.717, 1.165) is 21.3 Å². The maximum atomic E-state index is 12.3. The number of anilines is 1. The molecule has 0 saturated carbocycles. The van der Waals surface area contributed by atoms with Gasteiger partial charge in [0.05, 0.1) is 0 Å². The van der Waals surface area contributed by atoms with Gasteiger partial charge in [-0.3, -0.25) is 4.79 Å². The quantitative estimate of drug-likeness (QED) is 0.892. The number of aryl methyl sites for hydroxylation is 4. The third-order valence-electron chi connectivity index (χ3n) is 3.12. The van der Waals surface area contributed by atoms with Crippen LogP contribution in [0.4, 0.5) is 5.69 Å². The standard InChI is InChI=1S/C15H17BrN2O/c1-9-5-10(2)14(11(3)6-9)17-15(19)13-7-12(16)8-18(13)4/h5-8H,1-4H3,(H,17,19). The van der Waals surface area contributed by atoms with Crippen molar-refractivity contribution < 1.29 is 4.79 Å². The van der Waals surface area contributed by atoms with Crippen LogP contribution < -0.4 is 5.32 Å². The van der Waals surface area contributed by atoms with Gasteiger partial charge in [0.2, 0.25) is 0 Å². The lowest BCUT2D eigenvalue weighted by Crippen LogP contribution is -2.16. The summed E-state index contributed by atoms with van der Waals surface area (Å²) < 4.78 is 2.70. The van der Waals surface area contributed by atoms with Crippen LogP contribution in [0.15, 0.2) is 28.9 Å². The molecule has 100 valence electrons. The van der Waals surface area contributed by atoms with E-state index in [0.29, 0.717) is 5.69 Å². The summed E-state index contributed by atoms with van der Waals surface area (Å²) >= 11 is 3.37. The van der Waals surface area contributed by atoms with E-state index >= 15 is 0 Å². The smallest absolute Gasteiger partial charge is 0.272 e. The number of nitrogens with zero attached hydrogens (tertiary/aromatic N) is 1. The fraction of sp³-hybridized carbons (Fsp3) is 0.267. The van der Waals surface area contributed by atoms with Crippen molar-refractivity contribution in [3.8, 4) is 0 Å². The summed E-state index contributed by atoms with van der Waals surface area (Å²) in [6, 6.07) is 5.96. The maximum absolute atomic E-state index is 12.3. The number of benzene rings is 1. The number of rotatable bonds is 2. The molecular weight excluding hydrogens is 304 g/mol. The van der Waals surface area contributed by atoms with Gasteiger partial charge in [0.15, 0.2) is 0 Å². The van der Waals surface area contributed by atoms with Crippen molar-refractivity contribution >= 4 is 27.5 Å². The van der Waals surface area contributed by atoms with E-state index < -0.39 is 0 Å². The molecule has 2 rings (SSSR count). The molecule has 1 amide bonds. The van der Waals surface area contributed by atoms with Crippen LogP contribution in [0.1, 0.15) is 27.2 Å². The number of hydrogen-bond acceptors (Lipinski definition) is 1. The van der Waals surface area contributed by atoms with E-state index in [2.05, 4.69) is 40.3 Å². The molecule has 0 spiro atoms. The Morgan fingerprint density at radius 1 is 1.16 bits per heavy atom. The Morgan fingerprint density at radius 3 is 2.21 bits per heavy atom. The molecule has 0 atom stereocenters. The minimum Gasteiger partial charge on any atom is -0.345 e. The normalized spacial score (nSPS) is 10.6. The molecule has 0 bridgehead atoms. The average molecular weight is 321 g/mol. The van der Waals surface area contributed by atoms with Gasteiger partial charge in [-0.15, -0.1) is 0 Å². The zero-order chi connectivity index (χ0) is 14.2. The highest BCUT2D eigenvalue weighted by Gasteiger charge is 2.13. The summed E-state index contributed by atoms with van der Waals surface area (Å²) in [5.74, 6) is -0.0942. The first kappa shape index (κ1) is 13.9. The van der Waals surface area contributed by atoms with Gasteiger partial charge in [0, 0.05) is 23.4 Å². The predicted octanol–water partition coefficient (Wildman–Crippen LogP) is 3.97. The van der Waals surface area contributed by atoms with Crippen molar-refractivity contribution in [1.29, 1.82) is 0 Å². The monoisotopic (exact) mass is 320 g/mol. The van der Waals surface area contributed by atoms with Gasteiger partial charge in [-0.1, -0.05) is 17.7 Å². The molecular formula is C15H17BrN2O. The number of nitrogens with one attached hydrogen (secondary N) is 1. The number of hydrogen-bond donors (Lipinski definition) is 1. The second-order valence-electron chi connectivity index (χ2n) is 4.88. The molecule has 0 aliphatic heterocycles. The molecule has 1 N–H and O–H groups in total. The average Bonchev–Trinajstić information content (AvgIpc) is 2.62. The molecule has 0 fully saturated rings. The third kappa shape index (κ3) is 2.89. The molecule has 1 heterocycles. The third-order valence-corrected chi connectivity index (χ3v) is 3.55. The SMILES string of the molecule is Cc1cc(C)c(NC(=O)c2cc(Br)cn2C)c(C)c1. The van der Waals surface area contributed by atoms with Gasteiger partial charge in [0.1, 0.15) is 5.69 Å². The molecule has 0 aliphatic rings. The van der Waals surface area contributed by atoms with Crippen LogP contribution >= 0.6 is 15.9 Å². The number of carbonyl (C=O) groups excluding carboxylic acids is 1. The Balaban J connectivity index is 2.32. The molecule has 1 aromatic heterocycles. The van der Waals surface area contributed by atoms with E-state index in [1.165, 1.54) is 5.56 Å². The van der Waals surface area contributed by atoms with Gasteiger partial charge < -0.3 is 9.88 Å². The first-order chi connectivity index (χ1) is 8.88. The van der Waals surface area contributed by atoms with Crippen LogP contribution in [0.2, 0.25) is 0 Å². The van der Waals surface area contributed by atoms with Crippen molar-refractivity contribution in [2.24, 2.45) is 7.05 Å². The lowest BCUT2D eigenvalue weighted by molar-refractivity contribution is 0.101. The lowest BCUT2D eigenvalue weighted by atomic mass is 10.1. The van der Waals surface area contributed by atoms with Gasteiger partial charge in [-0.2, -0.15) is 0 Å². The molecule has 1 aromatic carbocycles. The molecule has 3 nitrogen and oxygen atoms in total. The fourth-order valence-electron chi connectivity index (χ4n) is 2.30. The Hall–Kier alpha value is -1.55. The van der Waals surface area contributed by atoms with E-state index in [-0.39, 0.29) is 5.91 Å². The second kappa shape index (κ2) is 5.21. The molecule has 19 heavy (non-hydrogen) atoms. The van der Waals surface area contributed by atoms with E-state index in [1.54, 1.807) is 4.57 Å². The molecule has 4 heteroatoms. The summed E-state index contributed by atoms with van der Waals surface area (Å²) in [7, 11) is 1.86. The zero-order valence-corrected chi connectivity index (χ0v) is 13.1. The van der Waals surface area contributed by atoms with Crippen LogP contribution in [-0.4, -0.2) is 10.5 Å². The van der Waals surface area contributed by atoms with Crippen LogP contribution in [-0.2, 0) is 7.05 Å². The van der Waals surface area contributed by atoms with Crippen molar-refractivity contribution in [1.82, 2.24) is 4.57 Å². The first-order valence-electron chi connectivity index (χ1n) is 6.09. The zero-order valence-electron chi connectivity index (χ0n) is 11.5. The molecule has 0 saturated heterocycles. The van der Waals surface area contributed by atoms with Crippen molar-refractivity contribution in [3.63, 3.8) is 0 Å². The van der Waals surface area contributed by atoms with E-state index in [1.807, 2.05) is 33.2 Å². The fourth-order valence-corrected chi connectivity index (χ4v) is 2.83. The van der Waals surface area contributed by atoms with Gasteiger partial charge in [-0.25, -0.2) is 0 Å². The van der Waals surface area contributed by atoms with Gasteiger partial charge in [-0.05, 0) is 53.9 Å². The Bertz CT molecular complexity index is 621. The largest absolute Gasteiger partial charge is 0.345 e. The van der Waals surface area contributed by atoms with E-state index in [4.69, 9.17) is 0 Å². The highest BCUT2D eigenvalue weighted by atomic mass is 79.9. The Morgan fingerprint density at radius 2 is 1.74 bits per heavy atom. The van der Waals surface area contributed by atoms with Crippen LogP contribution in [0.5, 0.6) is 0 Å². The summed E-state index contributed by atoms with van der Waals surface area (Å²) in [6.45, 7) is 6.08. The summed E-state index contributed by atoms with van der Waals surface area (Å²) in [6.07, 6.45) is 1.86. The predicted molar refractivity (Wildman–Crippen MR) is 81.7 cm³/mol.